The van der Waals surface area contributed by atoms with Crippen LogP contribution >= 0.6 is 0 Å². The number of hydrogen-bond acceptors (Lipinski definition) is 1. The van der Waals surface area contributed by atoms with Crippen LogP contribution in [0.4, 0.5) is 8.78 Å². The van der Waals surface area contributed by atoms with Crippen molar-refractivity contribution in [1.82, 2.24) is 0 Å². The summed E-state index contributed by atoms with van der Waals surface area (Å²) in [6.07, 6.45) is 3.53. The van der Waals surface area contributed by atoms with Crippen molar-refractivity contribution in [2.24, 2.45) is 11.1 Å². The van der Waals surface area contributed by atoms with Crippen LogP contribution in [0, 0.1) is 17.0 Å². The standard InChI is InChI=1S/C14H19F2N/c1-13(2)8-3-4-9-14(13,17)12-10(15)6-5-7-11(12)16/h5-7H,3-4,8-9,17H2,1-2H3. The van der Waals surface area contributed by atoms with Gasteiger partial charge in [-0.15, -0.1) is 0 Å². The van der Waals surface area contributed by atoms with Crippen LogP contribution in [0.25, 0.3) is 0 Å². The van der Waals surface area contributed by atoms with Gasteiger partial charge in [0.25, 0.3) is 0 Å². The van der Waals surface area contributed by atoms with E-state index < -0.39 is 17.2 Å². The summed E-state index contributed by atoms with van der Waals surface area (Å²) in [5.41, 5.74) is 5.25. The van der Waals surface area contributed by atoms with Gasteiger partial charge in [0.2, 0.25) is 0 Å². The summed E-state index contributed by atoms with van der Waals surface area (Å²) in [5, 5.41) is 0. The maximum atomic E-state index is 13.9. The van der Waals surface area contributed by atoms with E-state index in [0.29, 0.717) is 6.42 Å². The summed E-state index contributed by atoms with van der Waals surface area (Å²) >= 11 is 0. The van der Waals surface area contributed by atoms with Crippen molar-refractivity contribution >= 4 is 0 Å². The summed E-state index contributed by atoms with van der Waals surface area (Å²) in [4.78, 5) is 0. The molecule has 0 heterocycles. The van der Waals surface area contributed by atoms with E-state index in [-0.39, 0.29) is 11.0 Å². The second kappa shape index (κ2) is 4.05. The fourth-order valence-electron chi connectivity index (χ4n) is 2.92. The highest BCUT2D eigenvalue weighted by molar-refractivity contribution is 5.30. The fraction of sp³-hybridized carbons (Fsp3) is 0.571. The normalized spacial score (nSPS) is 28.1. The number of halogens is 2. The lowest BCUT2D eigenvalue weighted by molar-refractivity contribution is 0.0905. The van der Waals surface area contributed by atoms with Crippen molar-refractivity contribution in [2.75, 3.05) is 0 Å². The van der Waals surface area contributed by atoms with Gasteiger partial charge in [0, 0.05) is 5.56 Å². The van der Waals surface area contributed by atoms with Crippen molar-refractivity contribution in [3.05, 3.63) is 35.4 Å². The van der Waals surface area contributed by atoms with Gasteiger partial charge >= 0.3 is 0 Å². The van der Waals surface area contributed by atoms with E-state index in [1.54, 1.807) is 0 Å². The molecule has 0 saturated heterocycles. The van der Waals surface area contributed by atoms with Gasteiger partial charge in [-0.1, -0.05) is 32.8 Å². The molecule has 17 heavy (non-hydrogen) atoms. The molecule has 1 aromatic carbocycles. The van der Waals surface area contributed by atoms with Crippen molar-refractivity contribution in [3.63, 3.8) is 0 Å². The largest absolute Gasteiger partial charge is 0.321 e. The van der Waals surface area contributed by atoms with Crippen LogP contribution in [0.1, 0.15) is 45.1 Å². The van der Waals surface area contributed by atoms with Crippen LogP contribution in [0.5, 0.6) is 0 Å². The predicted molar refractivity (Wildman–Crippen MR) is 64.5 cm³/mol. The molecule has 0 aliphatic heterocycles. The minimum absolute atomic E-state index is 0.0599. The molecule has 2 rings (SSSR count). The SMILES string of the molecule is CC1(C)CCCCC1(N)c1c(F)cccc1F. The van der Waals surface area contributed by atoms with Crippen molar-refractivity contribution in [3.8, 4) is 0 Å². The molecule has 2 N–H and O–H groups in total. The summed E-state index contributed by atoms with van der Waals surface area (Å²) in [7, 11) is 0. The lowest BCUT2D eigenvalue weighted by atomic mass is 9.60. The quantitative estimate of drug-likeness (QED) is 0.794. The molecule has 0 bridgehead atoms. The number of hydrogen-bond donors (Lipinski definition) is 1. The van der Waals surface area contributed by atoms with E-state index in [1.165, 1.54) is 18.2 Å². The Morgan fingerprint density at radius 1 is 1.06 bits per heavy atom. The molecule has 1 aromatic rings. The van der Waals surface area contributed by atoms with Gasteiger partial charge in [0.1, 0.15) is 11.6 Å². The molecule has 0 aromatic heterocycles. The Balaban J connectivity index is 2.57. The van der Waals surface area contributed by atoms with Crippen molar-refractivity contribution < 1.29 is 8.78 Å². The Hall–Kier alpha value is -0.960. The second-order valence-electron chi connectivity index (χ2n) is 5.66. The first-order chi connectivity index (χ1) is 7.88. The lowest BCUT2D eigenvalue weighted by Crippen LogP contribution is -2.52. The molecule has 0 amide bonds. The zero-order valence-corrected chi connectivity index (χ0v) is 10.4. The Morgan fingerprint density at radius 2 is 1.59 bits per heavy atom. The zero-order valence-electron chi connectivity index (χ0n) is 10.4. The third kappa shape index (κ3) is 1.86. The van der Waals surface area contributed by atoms with Gasteiger partial charge < -0.3 is 5.73 Å². The summed E-state index contributed by atoms with van der Waals surface area (Å²) in [6.45, 7) is 4.00. The fourth-order valence-corrected chi connectivity index (χ4v) is 2.92. The summed E-state index contributed by atoms with van der Waals surface area (Å²) in [5.74, 6) is -1.05. The molecule has 1 aliphatic carbocycles. The number of nitrogens with two attached hydrogens (primary N) is 1. The second-order valence-corrected chi connectivity index (χ2v) is 5.66. The predicted octanol–water partition coefficient (Wildman–Crippen LogP) is 3.72. The van der Waals surface area contributed by atoms with E-state index in [0.717, 1.165) is 19.3 Å². The molecule has 1 fully saturated rings. The molecule has 94 valence electrons. The Morgan fingerprint density at radius 3 is 2.12 bits per heavy atom. The average Bonchev–Trinajstić information content (AvgIpc) is 2.22. The van der Waals surface area contributed by atoms with Gasteiger partial charge in [-0.25, -0.2) is 8.78 Å². The molecule has 0 radical (unpaired) electrons. The molecule has 3 heteroatoms. The van der Waals surface area contributed by atoms with Crippen LogP contribution in [-0.4, -0.2) is 0 Å². The number of benzene rings is 1. The van der Waals surface area contributed by atoms with E-state index in [1.807, 2.05) is 13.8 Å². The topological polar surface area (TPSA) is 26.0 Å². The van der Waals surface area contributed by atoms with Crippen molar-refractivity contribution in [1.29, 1.82) is 0 Å². The molecular weight excluding hydrogens is 220 g/mol. The minimum atomic E-state index is -0.902. The molecule has 1 aliphatic rings. The van der Waals surface area contributed by atoms with E-state index >= 15 is 0 Å². The Bertz CT molecular complexity index is 408. The van der Waals surface area contributed by atoms with E-state index in [4.69, 9.17) is 5.73 Å². The van der Waals surface area contributed by atoms with Gasteiger partial charge in [-0.3, -0.25) is 0 Å². The molecule has 0 spiro atoms. The Labute approximate surface area is 101 Å². The first-order valence-corrected chi connectivity index (χ1v) is 6.12. The van der Waals surface area contributed by atoms with Crippen LogP contribution in [0.15, 0.2) is 18.2 Å². The van der Waals surface area contributed by atoms with Gasteiger partial charge in [-0.2, -0.15) is 0 Å². The molecule has 1 nitrogen and oxygen atoms in total. The van der Waals surface area contributed by atoms with Crippen LogP contribution in [0.3, 0.4) is 0 Å². The zero-order chi connectivity index (χ0) is 12.7. The summed E-state index contributed by atoms with van der Waals surface area (Å²) in [6, 6.07) is 3.96. The van der Waals surface area contributed by atoms with Crippen LogP contribution in [-0.2, 0) is 5.54 Å². The third-order valence-electron chi connectivity index (χ3n) is 4.24. The molecular formula is C14H19F2N. The summed E-state index contributed by atoms with van der Waals surface area (Å²) < 4.78 is 27.8. The van der Waals surface area contributed by atoms with Crippen LogP contribution in [0.2, 0.25) is 0 Å². The monoisotopic (exact) mass is 239 g/mol. The smallest absolute Gasteiger partial charge is 0.131 e. The third-order valence-corrected chi connectivity index (χ3v) is 4.24. The van der Waals surface area contributed by atoms with E-state index in [2.05, 4.69) is 0 Å². The highest BCUT2D eigenvalue weighted by atomic mass is 19.1. The maximum Gasteiger partial charge on any atom is 0.131 e. The first kappa shape index (κ1) is 12.5. The molecule has 1 atom stereocenters. The first-order valence-electron chi connectivity index (χ1n) is 6.12. The molecule has 1 unspecified atom stereocenters. The van der Waals surface area contributed by atoms with Crippen LogP contribution < -0.4 is 5.73 Å². The van der Waals surface area contributed by atoms with Gasteiger partial charge in [-0.05, 0) is 30.4 Å². The van der Waals surface area contributed by atoms with Crippen molar-refractivity contribution in [2.45, 2.75) is 45.1 Å². The highest BCUT2D eigenvalue weighted by Gasteiger charge is 2.47. The number of rotatable bonds is 1. The average molecular weight is 239 g/mol. The van der Waals surface area contributed by atoms with E-state index in [9.17, 15) is 8.78 Å². The minimum Gasteiger partial charge on any atom is -0.321 e. The molecule has 1 saturated carbocycles. The van der Waals surface area contributed by atoms with Gasteiger partial charge in [0.05, 0.1) is 5.54 Å². The lowest BCUT2D eigenvalue weighted by Gasteiger charge is -2.48. The maximum absolute atomic E-state index is 13.9. The Kier molecular flexibility index (Phi) is 2.98. The van der Waals surface area contributed by atoms with Gasteiger partial charge in [0.15, 0.2) is 0 Å². The highest BCUT2D eigenvalue weighted by Crippen LogP contribution is 2.49.